The Morgan fingerprint density at radius 1 is 0.898 bits per heavy atom. The van der Waals surface area contributed by atoms with Crippen molar-refractivity contribution in [3.05, 3.63) is 112 Å². The topological polar surface area (TPSA) is 131 Å². The van der Waals surface area contributed by atoms with Crippen LogP contribution in [0.3, 0.4) is 0 Å². The molecular formula is C40H42N2O7. The molecule has 0 radical (unpaired) electrons. The Labute approximate surface area is 286 Å². The average Bonchev–Trinajstić information content (AvgIpc) is 3.53. The van der Waals surface area contributed by atoms with Crippen LogP contribution in [0.4, 0.5) is 0 Å². The van der Waals surface area contributed by atoms with Crippen LogP contribution in [-0.4, -0.2) is 35.2 Å². The number of ether oxygens (including phenoxy) is 3. The number of methoxy groups -OCH3 is 1. The standard InChI is InChI=1S/C40H42N2O7/c1-6-39-19-25-26(38(2,3)4)17-18-28(47-21-23-13-9-7-10-14-23)29(25)33(43)31(39)36(45)40(46-5)27(20-39)32(41)34-30(35(40)44)37(42-49-34)48-22-24-15-11-8-12-16-24/h7-18,27,31-32H,6,19-22,41H2,1-5H3. The van der Waals surface area contributed by atoms with Crippen molar-refractivity contribution in [2.24, 2.45) is 23.0 Å². The molecule has 254 valence electrons. The molecule has 49 heavy (non-hydrogen) atoms. The van der Waals surface area contributed by atoms with Crippen molar-refractivity contribution in [3.63, 3.8) is 0 Å². The Morgan fingerprint density at radius 3 is 2.12 bits per heavy atom. The van der Waals surface area contributed by atoms with Gasteiger partial charge >= 0.3 is 0 Å². The Hall–Kier alpha value is -4.60. The lowest BCUT2D eigenvalue weighted by molar-refractivity contribution is -0.163. The summed E-state index contributed by atoms with van der Waals surface area (Å²) in [6, 6.07) is 22.1. The van der Waals surface area contributed by atoms with Crippen molar-refractivity contribution in [2.75, 3.05) is 7.11 Å². The fraction of sp³-hybridized carbons (Fsp3) is 0.400. The van der Waals surface area contributed by atoms with Crippen LogP contribution >= 0.6 is 0 Å². The largest absolute Gasteiger partial charge is 0.488 e. The summed E-state index contributed by atoms with van der Waals surface area (Å²) in [7, 11) is 1.34. The van der Waals surface area contributed by atoms with Gasteiger partial charge in [-0.05, 0) is 63.6 Å². The average molecular weight is 663 g/mol. The fourth-order valence-electron chi connectivity index (χ4n) is 8.48. The summed E-state index contributed by atoms with van der Waals surface area (Å²) in [6.07, 6.45) is 1.26. The maximum Gasteiger partial charge on any atom is 0.265 e. The quantitative estimate of drug-likeness (QED) is 0.204. The Balaban J connectivity index is 1.32. The van der Waals surface area contributed by atoms with Gasteiger partial charge in [0.1, 0.15) is 24.5 Å². The lowest BCUT2D eigenvalue weighted by atomic mass is 9.47. The summed E-state index contributed by atoms with van der Waals surface area (Å²) in [5.74, 6) is -2.98. The Kier molecular flexibility index (Phi) is 8.11. The highest BCUT2D eigenvalue weighted by Crippen LogP contribution is 2.61. The van der Waals surface area contributed by atoms with Gasteiger partial charge in [-0.2, -0.15) is 0 Å². The first-order chi connectivity index (χ1) is 23.5. The third-order valence-electron chi connectivity index (χ3n) is 11.0. The summed E-state index contributed by atoms with van der Waals surface area (Å²) < 4.78 is 24.0. The molecule has 7 rings (SSSR count). The smallest absolute Gasteiger partial charge is 0.265 e. The maximum absolute atomic E-state index is 15.1. The number of nitrogens with two attached hydrogens (primary N) is 1. The molecule has 0 amide bonds. The van der Waals surface area contributed by atoms with E-state index in [9.17, 15) is 4.79 Å². The van der Waals surface area contributed by atoms with Crippen LogP contribution in [0.25, 0.3) is 0 Å². The van der Waals surface area contributed by atoms with Gasteiger partial charge in [0.2, 0.25) is 5.78 Å². The highest BCUT2D eigenvalue weighted by Gasteiger charge is 2.71. The van der Waals surface area contributed by atoms with Crippen LogP contribution in [0.5, 0.6) is 11.6 Å². The van der Waals surface area contributed by atoms with Crippen molar-refractivity contribution >= 4 is 17.3 Å². The second-order valence-corrected chi connectivity index (χ2v) is 14.6. The Morgan fingerprint density at radius 2 is 1.53 bits per heavy atom. The minimum atomic E-state index is -2.02. The molecule has 0 bridgehead atoms. The number of Topliss-reactive ketones (excluding diaryl/α,β-unsaturated/α-hetero) is 3. The summed E-state index contributed by atoms with van der Waals surface area (Å²) >= 11 is 0. The van der Waals surface area contributed by atoms with E-state index in [1.807, 2.05) is 79.7 Å². The SMILES string of the molecule is CCC12Cc3c(C(C)(C)C)ccc(OCc4ccccc4)c3C(=O)C1C(=O)C1(OC)C(=O)c3c(OCc4ccccc4)noc3C(N)C1C2. The van der Waals surface area contributed by atoms with E-state index >= 15 is 9.59 Å². The summed E-state index contributed by atoms with van der Waals surface area (Å²) in [4.78, 5) is 44.8. The first-order valence-electron chi connectivity index (χ1n) is 16.9. The van der Waals surface area contributed by atoms with Crippen LogP contribution in [-0.2, 0) is 34.6 Å². The van der Waals surface area contributed by atoms with Gasteiger partial charge in [-0.3, -0.25) is 14.4 Å². The predicted octanol–water partition coefficient (Wildman–Crippen LogP) is 6.75. The molecular weight excluding hydrogens is 620 g/mol. The van der Waals surface area contributed by atoms with Gasteiger partial charge in [0, 0.05) is 13.0 Å². The van der Waals surface area contributed by atoms with Crippen molar-refractivity contribution < 1.29 is 33.1 Å². The number of aromatic nitrogens is 1. The molecule has 1 heterocycles. The minimum Gasteiger partial charge on any atom is -0.488 e. The zero-order valence-electron chi connectivity index (χ0n) is 28.6. The molecule has 0 spiro atoms. The molecule has 2 N–H and O–H groups in total. The second kappa shape index (κ2) is 12.1. The Bertz CT molecular complexity index is 1930. The number of carbonyl (C=O) groups excluding carboxylic acids is 3. The van der Waals surface area contributed by atoms with Gasteiger partial charge in [-0.25, -0.2) is 0 Å². The third kappa shape index (κ3) is 5.05. The highest BCUT2D eigenvalue weighted by atomic mass is 16.5. The van der Waals surface area contributed by atoms with E-state index in [1.54, 1.807) is 0 Å². The molecule has 4 aromatic rings. The zero-order valence-corrected chi connectivity index (χ0v) is 28.6. The lowest BCUT2D eigenvalue weighted by Gasteiger charge is -2.56. The summed E-state index contributed by atoms with van der Waals surface area (Å²) in [6.45, 7) is 8.72. The summed E-state index contributed by atoms with van der Waals surface area (Å²) in [5.41, 5.74) is 7.89. The van der Waals surface area contributed by atoms with E-state index in [0.717, 1.165) is 22.3 Å². The van der Waals surface area contributed by atoms with Gasteiger partial charge < -0.3 is 24.5 Å². The molecule has 9 nitrogen and oxygen atoms in total. The normalized spacial score (nSPS) is 26.0. The molecule has 1 saturated carbocycles. The van der Waals surface area contributed by atoms with E-state index in [0.29, 0.717) is 30.6 Å². The van der Waals surface area contributed by atoms with Gasteiger partial charge in [0.25, 0.3) is 5.88 Å². The first kappa shape index (κ1) is 32.9. The number of carbonyl (C=O) groups is 3. The molecule has 5 unspecified atom stereocenters. The molecule has 3 aliphatic carbocycles. The van der Waals surface area contributed by atoms with Crippen LogP contribution in [0.15, 0.2) is 77.3 Å². The summed E-state index contributed by atoms with van der Waals surface area (Å²) in [5, 5.41) is 4.08. The molecule has 3 aliphatic rings. The molecule has 0 saturated heterocycles. The highest BCUT2D eigenvalue weighted by molar-refractivity contribution is 6.27. The minimum absolute atomic E-state index is 0.00978. The van der Waals surface area contributed by atoms with Crippen LogP contribution in [0.2, 0.25) is 0 Å². The van der Waals surface area contributed by atoms with Crippen LogP contribution in [0.1, 0.15) is 95.3 Å². The third-order valence-corrected chi connectivity index (χ3v) is 11.0. The van der Waals surface area contributed by atoms with Gasteiger partial charge in [-0.15, -0.1) is 0 Å². The van der Waals surface area contributed by atoms with Gasteiger partial charge in [-0.1, -0.05) is 94.4 Å². The molecule has 3 aromatic carbocycles. The molecule has 9 heteroatoms. The van der Waals surface area contributed by atoms with Gasteiger partial charge in [0.15, 0.2) is 22.9 Å². The number of ketones is 3. The number of benzene rings is 3. The fourth-order valence-corrected chi connectivity index (χ4v) is 8.48. The zero-order chi connectivity index (χ0) is 34.7. The van der Waals surface area contributed by atoms with E-state index < -0.39 is 40.5 Å². The molecule has 1 aromatic heterocycles. The first-order valence-corrected chi connectivity index (χ1v) is 16.9. The molecule has 5 atom stereocenters. The number of nitrogens with zero attached hydrogens (tertiary/aromatic N) is 1. The van der Waals surface area contributed by atoms with Crippen molar-refractivity contribution in [2.45, 2.75) is 77.2 Å². The number of rotatable bonds is 8. The van der Waals surface area contributed by atoms with E-state index in [1.165, 1.54) is 7.11 Å². The number of hydrogen-bond donors (Lipinski definition) is 1. The maximum atomic E-state index is 15.1. The number of fused-ring (bicyclic) bond motifs is 4. The molecule has 0 aliphatic heterocycles. The molecule has 1 fully saturated rings. The lowest BCUT2D eigenvalue weighted by Crippen LogP contribution is -2.69. The van der Waals surface area contributed by atoms with Gasteiger partial charge in [0.05, 0.1) is 17.5 Å². The predicted molar refractivity (Wildman–Crippen MR) is 182 cm³/mol. The van der Waals surface area contributed by atoms with E-state index in [4.69, 9.17) is 24.5 Å². The van der Waals surface area contributed by atoms with Crippen LogP contribution < -0.4 is 15.2 Å². The van der Waals surface area contributed by atoms with Crippen molar-refractivity contribution in [1.82, 2.24) is 5.16 Å². The van der Waals surface area contributed by atoms with E-state index in [2.05, 4.69) is 25.9 Å². The van der Waals surface area contributed by atoms with Crippen molar-refractivity contribution in [3.8, 4) is 11.6 Å². The number of hydrogen-bond acceptors (Lipinski definition) is 9. The van der Waals surface area contributed by atoms with E-state index in [-0.39, 0.29) is 41.6 Å². The van der Waals surface area contributed by atoms with Crippen LogP contribution in [0, 0.1) is 17.3 Å². The second-order valence-electron chi connectivity index (χ2n) is 14.6. The van der Waals surface area contributed by atoms with Crippen molar-refractivity contribution in [1.29, 1.82) is 0 Å². The monoisotopic (exact) mass is 662 g/mol.